The number of fused-ring (bicyclic) bond motifs is 2. The molecule has 0 radical (unpaired) electrons. The maximum Gasteiger partial charge on any atom is 0.149 e. The highest BCUT2D eigenvalue weighted by Crippen LogP contribution is 2.30. The van der Waals surface area contributed by atoms with Crippen LogP contribution in [0, 0.1) is 11.6 Å². The highest BCUT2D eigenvalue weighted by Gasteiger charge is 2.16. The predicted octanol–water partition coefficient (Wildman–Crippen LogP) is 4.57. The number of benzene rings is 2. The van der Waals surface area contributed by atoms with Gasteiger partial charge in [-0.2, -0.15) is 5.10 Å². The van der Waals surface area contributed by atoms with E-state index in [0.29, 0.717) is 33.1 Å². The van der Waals surface area contributed by atoms with E-state index in [9.17, 15) is 8.78 Å². The van der Waals surface area contributed by atoms with Crippen LogP contribution in [0.4, 0.5) is 8.78 Å². The standard InChI is InChI=1S/C23H21F2N5/c1-3-30-6-4-14(5-7-30)15-9-19(24)18-12-21(27-28-22(18)11-15)16-8-17-13-26-29(2)23(17)20(25)10-16/h4,8-13H,3,5-7H2,1-2H3. The van der Waals surface area contributed by atoms with Crippen LogP contribution in [0.3, 0.4) is 0 Å². The molecule has 4 aromatic rings. The maximum absolute atomic E-state index is 15.0. The smallest absolute Gasteiger partial charge is 0.149 e. The summed E-state index contributed by atoms with van der Waals surface area (Å²) >= 11 is 0. The minimum atomic E-state index is -0.398. The maximum atomic E-state index is 15.0. The molecule has 0 spiro atoms. The van der Waals surface area contributed by atoms with Gasteiger partial charge >= 0.3 is 0 Å². The second-order valence-corrected chi connectivity index (χ2v) is 7.66. The molecule has 30 heavy (non-hydrogen) atoms. The molecule has 1 aliphatic heterocycles. The van der Waals surface area contributed by atoms with Gasteiger partial charge in [0.15, 0.2) is 0 Å². The molecule has 0 atom stereocenters. The lowest BCUT2D eigenvalue weighted by Crippen LogP contribution is -2.28. The Kier molecular flexibility index (Phi) is 4.55. The van der Waals surface area contributed by atoms with Gasteiger partial charge in [0, 0.05) is 36.5 Å². The molecule has 2 aromatic carbocycles. The van der Waals surface area contributed by atoms with E-state index in [-0.39, 0.29) is 5.82 Å². The Morgan fingerprint density at radius 2 is 1.83 bits per heavy atom. The van der Waals surface area contributed by atoms with E-state index < -0.39 is 5.82 Å². The Hall–Kier alpha value is -3.19. The highest BCUT2D eigenvalue weighted by molar-refractivity contribution is 5.89. The Balaban J connectivity index is 1.55. The topological polar surface area (TPSA) is 46.8 Å². The van der Waals surface area contributed by atoms with Crippen LogP contribution in [0.1, 0.15) is 18.9 Å². The molecule has 0 bridgehead atoms. The Morgan fingerprint density at radius 1 is 1.00 bits per heavy atom. The molecule has 7 heteroatoms. The summed E-state index contributed by atoms with van der Waals surface area (Å²) in [5.74, 6) is -0.744. The van der Waals surface area contributed by atoms with Crippen molar-refractivity contribution in [2.75, 3.05) is 19.6 Å². The van der Waals surface area contributed by atoms with E-state index in [2.05, 4.69) is 33.2 Å². The second kappa shape index (κ2) is 7.25. The molecule has 0 unspecified atom stereocenters. The van der Waals surface area contributed by atoms with E-state index in [4.69, 9.17) is 0 Å². The van der Waals surface area contributed by atoms with E-state index in [1.54, 1.807) is 31.4 Å². The van der Waals surface area contributed by atoms with Gasteiger partial charge in [0.2, 0.25) is 0 Å². The van der Waals surface area contributed by atoms with Gasteiger partial charge in [0.05, 0.1) is 17.4 Å². The number of halogens is 2. The van der Waals surface area contributed by atoms with Gasteiger partial charge in [-0.25, -0.2) is 8.78 Å². The molecule has 5 nitrogen and oxygen atoms in total. The largest absolute Gasteiger partial charge is 0.300 e. The third kappa shape index (κ3) is 3.15. The zero-order valence-corrected chi connectivity index (χ0v) is 16.9. The van der Waals surface area contributed by atoms with E-state index >= 15 is 0 Å². The van der Waals surface area contributed by atoms with Crippen LogP contribution in [-0.2, 0) is 7.05 Å². The minimum Gasteiger partial charge on any atom is -0.300 e. The molecule has 5 rings (SSSR count). The summed E-state index contributed by atoms with van der Waals surface area (Å²) in [4.78, 5) is 2.34. The zero-order chi connectivity index (χ0) is 20.8. The first kappa shape index (κ1) is 18.8. The number of likely N-dealkylation sites (N-methyl/N-ethyl adjacent to an activating group) is 1. The molecule has 0 saturated carbocycles. The SMILES string of the molecule is CCN1CC=C(c2cc(F)c3cc(-c4cc(F)c5c(cnn5C)c4)nnc3c2)CC1. The average molecular weight is 405 g/mol. The average Bonchev–Trinajstić information content (AvgIpc) is 3.14. The summed E-state index contributed by atoms with van der Waals surface area (Å²) in [5, 5.41) is 13.6. The van der Waals surface area contributed by atoms with Crippen LogP contribution in [0.5, 0.6) is 0 Å². The van der Waals surface area contributed by atoms with Gasteiger partial charge in [0.1, 0.15) is 17.2 Å². The molecule has 2 aromatic heterocycles. The zero-order valence-electron chi connectivity index (χ0n) is 16.9. The molecule has 0 saturated heterocycles. The van der Waals surface area contributed by atoms with Crippen molar-refractivity contribution >= 4 is 27.4 Å². The second-order valence-electron chi connectivity index (χ2n) is 7.66. The Labute approximate surface area is 172 Å². The first-order valence-electron chi connectivity index (χ1n) is 10.0. The van der Waals surface area contributed by atoms with Crippen molar-refractivity contribution < 1.29 is 8.78 Å². The quantitative estimate of drug-likeness (QED) is 0.501. The third-order valence-electron chi connectivity index (χ3n) is 5.85. The molecular weight excluding hydrogens is 384 g/mol. The van der Waals surface area contributed by atoms with Gasteiger partial charge in [-0.05, 0) is 54.4 Å². The predicted molar refractivity (Wildman–Crippen MR) is 114 cm³/mol. The Bertz CT molecular complexity index is 1310. The fraction of sp³-hybridized carbons (Fsp3) is 0.261. The van der Waals surface area contributed by atoms with Crippen molar-refractivity contribution in [1.82, 2.24) is 24.9 Å². The number of hydrogen-bond acceptors (Lipinski definition) is 4. The van der Waals surface area contributed by atoms with Crippen LogP contribution in [-0.4, -0.2) is 44.5 Å². The summed E-state index contributed by atoms with van der Waals surface area (Å²) in [6.07, 6.45) is 4.64. The van der Waals surface area contributed by atoms with Gasteiger partial charge < -0.3 is 0 Å². The van der Waals surface area contributed by atoms with Crippen LogP contribution >= 0.6 is 0 Å². The lowest BCUT2D eigenvalue weighted by molar-refractivity contribution is 0.318. The molecule has 0 fully saturated rings. The van der Waals surface area contributed by atoms with Crippen LogP contribution in [0.25, 0.3) is 38.6 Å². The van der Waals surface area contributed by atoms with Crippen molar-refractivity contribution in [3.05, 3.63) is 59.8 Å². The third-order valence-corrected chi connectivity index (χ3v) is 5.85. The van der Waals surface area contributed by atoms with Gasteiger partial charge in [-0.15, -0.1) is 10.2 Å². The lowest BCUT2D eigenvalue weighted by atomic mass is 9.97. The van der Waals surface area contributed by atoms with Crippen molar-refractivity contribution in [1.29, 1.82) is 0 Å². The van der Waals surface area contributed by atoms with Gasteiger partial charge in [-0.3, -0.25) is 9.58 Å². The molecule has 152 valence electrons. The molecule has 3 heterocycles. The van der Waals surface area contributed by atoms with E-state index in [1.807, 2.05) is 6.07 Å². The lowest BCUT2D eigenvalue weighted by Gasteiger charge is -2.25. The molecular formula is C23H21F2N5. The highest BCUT2D eigenvalue weighted by atomic mass is 19.1. The normalized spacial score (nSPS) is 15.1. The number of aromatic nitrogens is 4. The van der Waals surface area contributed by atoms with Gasteiger partial charge in [0.25, 0.3) is 0 Å². The summed E-state index contributed by atoms with van der Waals surface area (Å²) in [6.45, 7) is 4.99. The summed E-state index contributed by atoms with van der Waals surface area (Å²) < 4.78 is 31.0. The minimum absolute atomic E-state index is 0.347. The first-order valence-corrected chi connectivity index (χ1v) is 10.0. The number of nitrogens with zero attached hydrogens (tertiary/aromatic N) is 5. The van der Waals surface area contributed by atoms with Crippen molar-refractivity contribution in [3.63, 3.8) is 0 Å². The van der Waals surface area contributed by atoms with Crippen LogP contribution in [0.15, 0.2) is 42.6 Å². The Morgan fingerprint density at radius 3 is 2.60 bits per heavy atom. The molecule has 0 amide bonds. The number of hydrogen-bond donors (Lipinski definition) is 0. The van der Waals surface area contributed by atoms with Crippen molar-refractivity contribution in [2.45, 2.75) is 13.3 Å². The molecule has 1 aliphatic rings. The molecule has 0 aliphatic carbocycles. The van der Waals surface area contributed by atoms with E-state index in [1.165, 1.54) is 10.7 Å². The van der Waals surface area contributed by atoms with Crippen molar-refractivity contribution in [3.8, 4) is 11.3 Å². The monoisotopic (exact) mass is 405 g/mol. The molecule has 0 N–H and O–H groups in total. The first-order chi connectivity index (χ1) is 14.5. The fourth-order valence-corrected chi connectivity index (χ4v) is 4.10. The summed E-state index contributed by atoms with van der Waals surface area (Å²) in [7, 11) is 1.69. The summed E-state index contributed by atoms with van der Waals surface area (Å²) in [6, 6.07) is 8.25. The van der Waals surface area contributed by atoms with Gasteiger partial charge in [-0.1, -0.05) is 13.0 Å². The summed E-state index contributed by atoms with van der Waals surface area (Å²) in [5.41, 5.74) is 3.87. The van der Waals surface area contributed by atoms with E-state index in [0.717, 1.165) is 37.2 Å². The van der Waals surface area contributed by atoms with Crippen LogP contribution in [0.2, 0.25) is 0 Å². The fourth-order valence-electron chi connectivity index (χ4n) is 4.10. The van der Waals surface area contributed by atoms with Crippen molar-refractivity contribution in [2.24, 2.45) is 7.05 Å². The van der Waals surface area contributed by atoms with Crippen LogP contribution < -0.4 is 0 Å². The number of aryl methyl sites for hydroxylation is 1. The number of rotatable bonds is 3.